The molecule has 6 heteroatoms. The van der Waals surface area contributed by atoms with Crippen molar-refractivity contribution >= 4 is 17.7 Å². The Balaban J connectivity index is 2.72. The fraction of sp³-hybridized carbons (Fsp3) is 0.385. The monoisotopic (exact) mass is 268 g/mol. The smallest absolute Gasteiger partial charge is 0.325 e. The molecule has 19 heavy (non-hydrogen) atoms. The Bertz CT molecular complexity index is 451. The molecule has 2 amide bonds. The maximum absolute atomic E-state index is 13.4. The summed E-state index contributed by atoms with van der Waals surface area (Å²) in [5.74, 6) is -1.04. The highest BCUT2D eigenvalue weighted by molar-refractivity contribution is 5.91. The zero-order valence-corrected chi connectivity index (χ0v) is 11.0. The number of halogens is 1. The van der Waals surface area contributed by atoms with Gasteiger partial charge in [0.05, 0.1) is 12.8 Å². The lowest BCUT2D eigenvalue weighted by atomic mass is 10.3. The minimum Gasteiger partial charge on any atom is -0.468 e. The first-order valence-electron chi connectivity index (χ1n) is 5.95. The third-order valence-electron chi connectivity index (χ3n) is 2.44. The lowest BCUT2D eigenvalue weighted by Gasteiger charge is -2.21. The number of hydrogen-bond donors (Lipinski definition) is 1. The molecule has 1 N–H and O–H groups in total. The second kappa shape index (κ2) is 7.35. The molecule has 0 atom stereocenters. The molecule has 0 aromatic heterocycles. The number of amides is 2. The minimum atomic E-state index is -0.530. The molecule has 1 aromatic rings. The van der Waals surface area contributed by atoms with Crippen molar-refractivity contribution in [2.45, 2.75) is 13.3 Å². The first-order valence-corrected chi connectivity index (χ1v) is 5.95. The van der Waals surface area contributed by atoms with Gasteiger partial charge in [-0.2, -0.15) is 0 Å². The van der Waals surface area contributed by atoms with Gasteiger partial charge in [0.1, 0.15) is 12.4 Å². The molecule has 0 fully saturated rings. The molecule has 0 bridgehead atoms. The van der Waals surface area contributed by atoms with Gasteiger partial charge in [-0.3, -0.25) is 4.79 Å². The maximum atomic E-state index is 13.4. The van der Waals surface area contributed by atoms with Crippen molar-refractivity contribution in [3.05, 3.63) is 30.1 Å². The van der Waals surface area contributed by atoms with Crippen LogP contribution in [0.4, 0.5) is 14.9 Å². The summed E-state index contributed by atoms with van der Waals surface area (Å²) < 4.78 is 17.9. The fourth-order valence-corrected chi connectivity index (χ4v) is 1.50. The molecule has 0 aliphatic heterocycles. The quantitative estimate of drug-likeness (QED) is 0.833. The lowest BCUT2D eigenvalue weighted by molar-refractivity contribution is -0.141. The Morgan fingerprint density at radius 2 is 2.05 bits per heavy atom. The molecule has 1 aromatic carbocycles. The van der Waals surface area contributed by atoms with E-state index in [2.05, 4.69) is 10.1 Å². The Kier molecular flexibility index (Phi) is 5.78. The lowest BCUT2D eigenvalue weighted by Crippen LogP contribution is -2.39. The average Bonchev–Trinajstić information content (AvgIpc) is 2.40. The summed E-state index contributed by atoms with van der Waals surface area (Å²) in [6.07, 6.45) is 0.682. The first-order chi connectivity index (χ1) is 9.08. The molecule has 0 aliphatic rings. The van der Waals surface area contributed by atoms with Crippen LogP contribution in [0.5, 0.6) is 0 Å². The molecule has 0 unspecified atom stereocenters. The van der Waals surface area contributed by atoms with Crippen LogP contribution >= 0.6 is 0 Å². The van der Waals surface area contributed by atoms with Gasteiger partial charge in [0.25, 0.3) is 0 Å². The summed E-state index contributed by atoms with van der Waals surface area (Å²) in [4.78, 5) is 24.4. The van der Waals surface area contributed by atoms with Crippen molar-refractivity contribution in [1.29, 1.82) is 0 Å². The minimum absolute atomic E-state index is 0.0819. The molecule has 0 saturated carbocycles. The van der Waals surface area contributed by atoms with E-state index in [9.17, 15) is 14.0 Å². The van der Waals surface area contributed by atoms with Crippen molar-refractivity contribution < 1.29 is 18.7 Å². The number of benzene rings is 1. The van der Waals surface area contributed by atoms with Gasteiger partial charge in [0.15, 0.2) is 0 Å². The number of ether oxygens (including phenoxy) is 1. The van der Waals surface area contributed by atoms with Crippen LogP contribution in [0, 0.1) is 5.82 Å². The molecule has 0 spiro atoms. The van der Waals surface area contributed by atoms with Gasteiger partial charge in [0.2, 0.25) is 0 Å². The van der Waals surface area contributed by atoms with Crippen LogP contribution in [0.2, 0.25) is 0 Å². The molecule has 0 saturated heterocycles. The van der Waals surface area contributed by atoms with E-state index in [1.165, 1.54) is 30.2 Å². The number of carbonyl (C=O) groups is 2. The van der Waals surface area contributed by atoms with Gasteiger partial charge in [-0.25, -0.2) is 9.18 Å². The summed E-state index contributed by atoms with van der Waals surface area (Å²) >= 11 is 0. The number of rotatable bonds is 5. The van der Waals surface area contributed by atoms with E-state index in [0.29, 0.717) is 13.0 Å². The Morgan fingerprint density at radius 1 is 1.37 bits per heavy atom. The topological polar surface area (TPSA) is 58.6 Å². The van der Waals surface area contributed by atoms with Crippen LogP contribution in [-0.2, 0) is 9.53 Å². The van der Waals surface area contributed by atoms with Crippen LogP contribution in [0.3, 0.4) is 0 Å². The number of nitrogens with one attached hydrogen (secondary N) is 1. The van der Waals surface area contributed by atoms with Gasteiger partial charge < -0.3 is 15.0 Å². The molecule has 0 aliphatic carbocycles. The molecular weight excluding hydrogens is 251 g/mol. The summed E-state index contributed by atoms with van der Waals surface area (Å²) in [6.45, 7) is 2.10. The highest BCUT2D eigenvalue weighted by Gasteiger charge is 2.17. The zero-order chi connectivity index (χ0) is 14.3. The third-order valence-corrected chi connectivity index (χ3v) is 2.44. The summed E-state index contributed by atoms with van der Waals surface area (Å²) in [7, 11) is 1.25. The van der Waals surface area contributed by atoms with E-state index in [-0.39, 0.29) is 12.2 Å². The van der Waals surface area contributed by atoms with Crippen LogP contribution in [-0.4, -0.2) is 37.1 Å². The maximum Gasteiger partial charge on any atom is 0.325 e. The van der Waals surface area contributed by atoms with E-state index in [0.717, 1.165) is 0 Å². The van der Waals surface area contributed by atoms with Gasteiger partial charge in [0, 0.05) is 6.54 Å². The van der Waals surface area contributed by atoms with E-state index < -0.39 is 17.8 Å². The highest BCUT2D eigenvalue weighted by Crippen LogP contribution is 2.13. The van der Waals surface area contributed by atoms with Crippen molar-refractivity contribution in [2.24, 2.45) is 0 Å². The number of methoxy groups -OCH3 is 1. The number of anilines is 1. The Hall–Kier alpha value is -2.11. The van der Waals surface area contributed by atoms with E-state index in [4.69, 9.17) is 0 Å². The molecule has 1 rings (SSSR count). The van der Waals surface area contributed by atoms with Crippen molar-refractivity contribution in [3.8, 4) is 0 Å². The van der Waals surface area contributed by atoms with E-state index in [1.54, 1.807) is 6.07 Å². The molecule has 0 heterocycles. The van der Waals surface area contributed by atoms with Crippen LogP contribution < -0.4 is 5.32 Å². The normalized spacial score (nSPS) is 9.84. The van der Waals surface area contributed by atoms with Crippen LogP contribution in [0.25, 0.3) is 0 Å². The zero-order valence-electron chi connectivity index (χ0n) is 11.0. The predicted molar refractivity (Wildman–Crippen MR) is 69.3 cm³/mol. The number of hydrogen-bond acceptors (Lipinski definition) is 3. The largest absolute Gasteiger partial charge is 0.468 e. The number of nitrogens with zero attached hydrogens (tertiary/aromatic N) is 1. The number of carbonyl (C=O) groups excluding carboxylic acids is 2. The first kappa shape index (κ1) is 14.9. The standard InChI is InChI=1S/C13H17FN2O3/c1-3-8-16(9-12(17)19-2)13(18)15-11-7-5-4-6-10(11)14/h4-7H,3,8-9H2,1-2H3,(H,15,18). The third kappa shape index (κ3) is 4.57. The van der Waals surface area contributed by atoms with Crippen molar-refractivity contribution in [3.63, 3.8) is 0 Å². The van der Waals surface area contributed by atoms with Gasteiger partial charge in [-0.15, -0.1) is 0 Å². The van der Waals surface area contributed by atoms with Gasteiger partial charge in [-0.1, -0.05) is 19.1 Å². The van der Waals surface area contributed by atoms with Crippen molar-refractivity contribution in [2.75, 3.05) is 25.5 Å². The second-order valence-corrected chi connectivity index (χ2v) is 3.91. The molecular formula is C13H17FN2O3. The van der Waals surface area contributed by atoms with Crippen molar-refractivity contribution in [1.82, 2.24) is 4.90 Å². The van der Waals surface area contributed by atoms with Gasteiger partial charge in [-0.05, 0) is 18.6 Å². The summed E-state index contributed by atoms with van der Waals surface area (Å²) in [5, 5.41) is 2.43. The molecule has 104 valence electrons. The number of urea groups is 1. The summed E-state index contributed by atoms with van der Waals surface area (Å²) in [5.41, 5.74) is 0.0819. The number of para-hydroxylation sites is 1. The fourth-order valence-electron chi connectivity index (χ4n) is 1.50. The SMILES string of the molecule is CCCN(CC(=O)OC)C(=O)Nc1ccccc1F. The van der Waals surface area contributed by atoms with Gasteiger partial charge >= 0.3 is 12.0 Å². The highest BCUT2D eigenvalue weighted by atomic mass is 19.1. The predicted octanol–water partition coefficient (Wildman–Crippen LogP) is 2.24. The average molecular weight is 268 g/mol. The number of esters is 1. The van der Waals surface area contributed by atoms with Crippen LogP contribution in [0.15, 0.2) is 24.3 Å². The van der Waals surface area contributed by atoms with Crippen LogP contribution in [0.1, 0.15) is 13.3 Å². The molecule has 5 nitrogen and oxygen atoms in total. The summed E-state index contributed by atoms with van der Waals surface area (Å²) in [6, 6.07) is 5.32. The van der Waals surface area contributed by atoms with E-state index in [1.807, 2.05) is 6.92 Å². The Morgan fingerprint density at radius 3 is 2.63 bits per heavy atom. The van der Waals surface area contributed by atoms with E-state index >= 15 is 0 Å². The molecule has 0 radical (unpaired) electrons. The Labute approximate surface area is 111 Å². The second-order valence-electron chi connectivity index (χ2n) is 3.91.